The number of alkyl halides is 1. The Labute approximate surface area is 107 Å². The number of rotatable bonds is 6. The molecule has 0 bridgehead atoms. The van der Waals surface area contributed by atoms with Crippen LogP contribution in [0, 0.1) is 0 Å². The summed E-state index contributed by atoms with van der Waals surface area (Å²) in [6.45, 7) is 1.94. The number of methoxy groups -OCH3 is 1. The van der Waals surface area contributed by atoms with E-state index in [1.165, 1.54) is 0 Å². The summed E-state index contributed by atoms with van der Waals surface area (Å²) in [5.41, 5.74) is 0.981. The summed E-state index contributed by atoms with van der Waals surface area (Å²) in [4.78, 5) is 11.6. The molecule has 17 heavy (non-hydrogen) atoms. The van der Waals surface area contributed by atoms with Gasteiger partial charge in [0, 0.05) is 17.9 Å². The second-order valence-electron chi connectivity index (χ2n) is 3.82. The van der Waals surface area contributed by atoms with Crippen molar-refractivity contribution >= 4 is 17.5 Å². The van der Waals surface area contributed by atoms with E-state index in [4.69, 9.17) is 16.3 Å². The molecule has 0 aliphatic rings. The van der Waals surface area contributed by atoms with Crippen LogP contribution in [0.15, 0.2) is 24.3 Å². The molecule has 4 heteroatoms. The molecule has 1 atom stereocenters. The Kier molecular flexibility index (Phi) is 5.84. The Bertz CT molecular complexity index is 368. The summed E-state index contributed by atoms with van der Waals surface area (Å²) in [5, 5.41) is 2.93. The van der Waals surface area contributed by atoms with Crippen molar-refractivity contribution < 1.29 is 9.53 Å². The molecule has 1 N–H and O–H groups in total. The van der Waals surface area contributed by atoms with Crippen molar-refractivity contribution in [3.8, 4) is 5.75 Å². The van der Waals surface area contributed by atoms with Crippen LogP contribution < -0.4 is 10.1 Å². The van der Waals surface area contributed by atoms with Crippen LogP contribution in [0.1, 0.15) is 31.4 Å². The number of carbonyl (C=O) groups excluding carboxylic acids is 1. The third-order valence-electron chi connectivity index (χ3n) is 2.52. The lowest BCUT2D eigenvalue weighted by Gasteiger charge is -2.17. The van der Waals surface area contributed by atoms with Crippen LogP contribution in [0.5, 0.6) is 5.75 Å². The Morgan fingerprint density at radius 2 is 2.18 bits per heavy atom. The first-order chi connectivity index (χ1) is 8.19. The van der Waals surface area contributed by atoms with Crippen LogP contribution in [0.4, 0.5) is 0 Å². The van der Waals surface area contributed by atoms with Gasteiger partial charge in [-0.15, -0.1) is 11.6 Å². The van der Waals surface area contributed by atoms with E-state index in [1.54, 1.807) is 7.11 Å². The van der Waals surface area contributed by atoms with Crippen molar-refractivity contribution in [2.45, 2.75) is 25.8 Å². The fourth-order valence-corrected chi connectivity index (χ4v) is 1.78. The number of amides is 1. The van der Waals surface area contributed by atoms with Crippen LogP contribution in [0.25, 0.3) is 0 Å². The van der Waals surface area contributed by atoms with Gasteiger partial charge in [-0.25, -0.2) is 0 Å². The van der Waals surface area contributed by atoms with Crippen LogP contribution in [0.2, 0.25) is 0 Å². The average Bonchev–Trinajstić information content (AvgIpc) is 2.36. The highest BCUT2D eigenvalue weighted by atomic mass is 35.5. The van der Waals surface area contributed by atoms with Crippen LogP contribution in [0.3, 0.4) is 0 Å². The molecular formula is C13H18ClNO2. The normalized spacial score (nSPS) is 11.9. The van der Waals surface area contributed by atoms with Crippen molar-refractivity contribution in [1.29, 1.82) is 0 Å². The maximum Gasteiger partial charge on any atom is 0.220 e. The molecule has 0 saturated heterocycles. The predicted octanol–water partition coefficient (Wildman–Crippen LogP) is 2.89. The van der Waals surface area contributed by atoms with Gasteiger partial charge < -0.3 is 10.1 Å². The van der Waals surface area contributed by atoms with Crippen LogP contribution in [-0.2, 0) is 4.79 Å². The van der Waals surface area contributed by atoms with Gasteiger partial charge in [0.25, 0.3) is 0 Å². The third kappa shape index (κ3) is 4.27. The number of hydrogen-bond acceptors (Lipinski definition) is 2. The molecule has 94 valence electrons. The Morgan fingerprint density at radius 3 is 2.82 bits per heavy atom. The van der Waals surface area contributed by atoms with Crippen molar-refractivity contribution in [3.05, 3.63) is 29.8 Å². The number of para-hydroxylation sites is 1. The molecule has 0 aliphatic carbocycles. The maximum atomic E-state index is 11.6. The summed E-state index contributed by atoms with van der Waals surface area (Å²) >= 11 is 5.55. The van der Waals surface area contributed by atoms with Crippen molar-refractivity contribution in [2.75, 3.05) is 13.0 Å². The van der Waals surface area contributed by atoms with Gasteiger partial charge in [0.05, 0.1) is 13.2 Å². The number of ether oxygens (including phenoxy) is 1. The lowest BCUT2D eigenvalue weighted by Crippen LogP contribution is -2.26. The molecular weight excluding hydrogens is 238 g/mol. The molecule has 0 aliphatic heterocycles. The Hall–Kier alpha value is -1.22. The third-order valence-corrected chi connectivity index (χ3v) is 2.79. The maximum absolute atomic E-state index is 11.6. The Morgan fingerprint density at radius 1 is 1.47 bits per heavy atom. The van der Waals surface area contributed by atoms with E-state index in [1.807, 2.05) is 31.2 Å². The van der Waals surface area contributed by atoms with Crippen LogP contribution in [-0.4, -0.2) is 18.9 Å². The number of hydrogen-bond donors (Lipinski definition) is 1. The van der Waals surface area contributed by atoms with E-state index >= 15 is 0 Å². The molecule has 0 fully saturated rings. The van der Waals surface area contributed by atoms with E-state index in [9.17, 15) is 4.79 Å². The van der Waals surface area contributed by atoms with Gasteiger partial charge in [-0.05, 0) is 19.4 Å². The molecule has 0 radical (unpaired) electrons. The molecule has 0 spiro atoms. The van der Waals surface area contributed by atoms with Gasteiger partial charge in [-0.2, -0.15) is 0 Å². The summed E-state index contributed by atoms with van der Waals surface area (Å²) < 4.78 is 5.26. The minimum absolute atomic E-state index is 0.0176. The number of halogens is 1. The summed E-state index contributed by atoms with van der Waals surface area (Å²) in [5.74, 6) is 1.32. The summed E-state index contributed by atoms with van der Waals surface area (Å²) in [6.07, 6.45) is 1.16. The highest BCUT2D eigenvalue weighted by Gasteiger charge is 2.12. The van der Waals surface area contributed by atoms with Crippen molar-refractivity contribution in [2.24, 2.45) is 0 Å². The molecule has 0 heterocycles. The van der Waals surface area contributed by atoms with Crippen molar-refractivity contribution in [1.82, 2.24) is 5.32 Å². The second-order valence-corrected chi connectivity index (χ2v) is 4.20. The van der Waals surface area contributed by atoms with E-state index < -0.39 is 0 Å². The number of nitrogens with one attached hydrogen (secondary N) is 1. The zero-order valence-corrected chi connectivity index (χ0v) is 11.0. The first-order valence-corrected chi connectivity index (χ1v) is 6.20. The summed E-state index contributed by atoms with van der Waals surface area (Å²) in [7, 11) is 1.63. The largest absolute Gasteiger partial charge is 0.496 e. The molecule has 1 rings (SSSR count). The smallest absolute Gasteiger partial charge is 0.220 e. The van der Waals surface area contributed by atoms with Gasteiger partial charge in [-0.1, -0.05) is 18.2 Å². The Balaban J connectivity index is 2.62. The predicted molar refractivity (Wildman–Crippen MR) is 69.5 cm³/mol. The minimum atomic E-state index is -0.0611. The molecule has 3 nitrogen and oxygen atoms in total. The lowest BCUT2D eigenvalue weighted by atomic mass is 10.1. The van der Waals surface area contributed by atoms with E-state index in [0.717, 1.165) is 11.3 Å². The van der Waals surface area contributed by atoms with Gasteiger partial charge in [0.1, 0.15) is 5.75 Å². The van der Waals surface area contributed by atoms with Crippen LogP contribution >= 0.6 is 11.6 Å². The monoisotopic (exact) mass is 255 g/mol. The first kappa shape index (κ1) is 13.8. The standard InChI is InChI=1S/C13H18ClNO2/c1-10(15-13(16)8-5-9-14)11-6-3-4-7-12(11)17-2/h3-4,6-7,10H,5,8-9H2,1-2H3,(H,15,16)/t10-/m1/s1. The number of carbonyl (C=O) groups is 1. The molecule has 1 aromatic rings. The minimum Gasteiger partial charge on any atom is -0.496 e. The quantitative estimate of drug-likeness (QED) is 0.794. The fourth-order valence-electron chi connectivity index (χ4n) is 1.64. The molecule has 1 amide bonds. The topological polar surface area (TPSA) is 38.3 Å². The highest BCUT2D eigenvalue weighted by Crippen LogP contribution is 2.24. The second kappa shape index (κ2) is 7.17. The van der Waals surface area contributed by atoms with Gasteiger partial charge >= 0.3 is 0 Å². The van der Waals surface area contributed by atoms with E-state index in [-0.39, 0.29) is 11.9 Å². The van der Waals surface area contributed by atoms with Gasteiger partial charge in [0.15, 0.2) is 0 Å². The molecule has 0 unspecified atom stereocenters. The van der Waals surface area contributed by atoms with Gasteiger partial charge in [-0.3, -0.25) is 4.79 Å². The van der Waals surface area contributed by atoms with E-state index in [0.29, 0.717) is 18.7 Å². The first-order valence-electron chi connectivity index (χ1n) is 5.67. The zero-order valence-electron chi connectivity index (χ0n) is 10.2. The van der Waals surface area contributed by atoms with Crippen molar-refractivity contribution in [3.63, 3.8) is 0 Å². The zero-order chi connectivity index (χ0) is 12.7. The fraction of sp³-hybridized carbons (Fsp3) is 0.462. The molecule has 1 aromatic carbocycles. The lowest BCUT2D eigenvalue weighted by molar-refractivity contribution is -0.121. The van der Waals surface area contributed by atoms with E-state index in [2.05, 4.69) is 5.32 Å². The average molecular weight is 256 g/mol. The summed E-state index contributed by atoms with van der Waals surface area (Å²) in [6, 6.07) is 7.61. The van der Waals surface area contributed by atoms with Gasteiger partial charge in [0.2, 0.25) is 5.91 Å². The molecule has 0 aromatic heterocycles. The molecule has 0 saturated carbocycles. The highest BCUT2D eigenvalue weighted by molar-refractivity contribution is 6.17. The number of benzene rings is 1. The SMILES string of the molecule is COc1ccccc1[C@@H](C)NC(=O)CCCCl.